The first-order valence-electron chi connectivity index (χ1n) is 5.77. The normalized spacial score (nSPS) is 9.90. The molecule has 0 aliphatic heterocycles. The van der Waals surface area contributed by atoms with E-state index in [0.29, 0.717) is 11.1 Å². The highest BCUT2D eigenvalue weighted by atomic mass is 19.1. The molecule has 5 nitrogen and oxygen atoms in total. The van der Waals surface area contributed by atoms with Gasteiger partial charge in [-0.15, -0.1) is 0 Å². The predicted octanol–water partition coefficient (Wildman–Crippen LogP) is 0.0678. The van der Waals surface area contributed by atoms with E-state index in [0.717, 1.165) is 0 Å². The molecular weight excluding hydrogens is 263 g/mol. The second-order valence-corrected chi connectivity index (χ2v) is 4.05. The second-order valence-electron chi connectivity index (χ2n) is 4.05. The molecule has 0 saturated heterocycles. The molecule has 1 aromatic carbocycles. The van der Waals surface area contributed by atoms with Crippen molar-refractivity contribution in [3.8, 4) is 11.8 Å². The topological polar surface area (TPSA) is 75.1 Å². The van der Waals surface area contributed by atoms with Gasteiger partial charge in [-0.1, -0.05) is 11.8 Å². The molecule has 0 unspecified atom stereocenters. The molecule has 0 atom stereocenters. The lowest BCUT2D eigenvalue weighted by Gasteiger charge is -2.05. The summed E-state index contributed by atoms with van der Waals surface area (Å²) in [4.78, 5) is 24.6. The van der Waals surface area contributed by atoms with E-state index in [4.69, 9.17) is 5.11 Å². The number of hydrogen-bond donors (Lipinski definition) is 2. The van der Waals surface area contributed by atoms with E-state index < -0.39 is 17.1 Å². The average Bonchev–Trinajstić information content (AvgIpc) is 2.39. The number of halogens is 1. The Kier molecular flexibility index (Phi) is 4.13. The van der Waals surface area contributed by atoms with Gasteiger partial charge in [0, 0.05) is 17.8 Å². The largest absolute Gasteiger partial charge is 0.384 e. The maximum Gasteiger partial charge on any atom is 0.328 e. The number of aromatic amines is 1. The van der Waals surface area contributed by atoms with Gasteiger partial charge < -0.3 is 5.11 Å². The first-order valence-corrected chi connectivity index (χ1v) is 5.77. The molecule has 0 radical (unpaired) electrons. The van der Waals surface area contributed by atoms with Crippen molar-refractivity contribution in [3.05, 3.63) is 68.2 Å². The summed E-state index contributed by atoms with van der Waals surface area (Å²) in [6.45, 7) is -0.202. The summed E-state index contributed by atoms with van der Waals surface area (Å²) in [5.41, 5.74) is -0.113. The zero-order chi connectivity index (χ0) is 14.5. The standard InChI is InChI=1S/C14H11FN2O3/c15-12-7-10(2-1-5-18)6-11(8-12)9-17-4-3-13(19)16-14(17)20/h3-4,6-8,18H,5,9H2,(H,16,19,20). The zero-order valence-electron chi connectivity index (χ0n) is 10.4. The van der Waals surface area contributed by atoms with Gasteiger partial charge in [0.1, 0.15) is 12.4 Å². The Bertz CT molecular complexity index is 796. The summed E-state index contributed by atoms with van der Waals surface area (Å²) >= 11 is 0. The third-order valence-corrected chi connectivity index (χ3v) is 2.52. The number of aromatic nitrogens is 2. The summed E-state index contributed by atoms with van der Waals surface area (Å²) in [6.07, 6.45) is 1.34. The zero-order valence-corrected chi connectivity index (χ0v) is 10.4. The van der Waals surface area contributed by atoms with Crippen LogP contribution in [0.4, 0.5) is 4.39 Å². The molecule has 2 rings (SSSR count). The molecule has 20 heavy (non-hydrogen) atoms. The molecule has 0 saturated carbocycles. The minimum absolute atomic E-state index is 0.112. The molecule has 6 heteroatoms. The van der Waals surface area contributed by atoms with Crippen LogP contribution < -0.4 is 11.2 Å². The van der Waals surface area contributed by atoms with Crippen LogP contribution in [0.25, 0.3) is 0 Å². The number of nitrogens with one attached hydrogen (secondary N) is 1. The molecule has 0 bridgehead atoms. The number of aliphatic hydroxyl groups excluding tert-OH is 1. The SMILES string of the molecule is O=c1ccn(Cc2cc(F)cc(C#CCO)c2)c(=O)[nH]1. The predicted molar refractivity (Wildman–Crippen MR) is 70.8 cm³/mol. The first-order chi connectivity index (χ1) is 9.58. The fourth-order valence-electron chi connectivity index (χ4n) is 1.72. The van der Waals surface area contributed by atoms with Crippen molar-refractivity contribution in [2.45, 2.75) is 6.54 Å². The Balaban J connectivity index is 2.36. The minimum Gasteiger partial charge on any atom is -0.384 e. The van der Waals surface area contributed by atoms with Crippen molar-refractivity contribution in [2.24, 2.45) is 0 Å². The lowest BCUT2D eigenvalue weighted by atomic mass is 10.1. The molecular formula is C14H11FN2O3. The smallest absolute Gasteiger partial charge is 0.328 e. The minimum atomic E-state index is -0.565. The Morgan fingerprint density at radius 1 is 1.30 bits per heavy atom. The van der Waals surface area contributed by atoms with Crippen molar-refractivity contribution in [1.82, 2.24) is 9.55 Å². The van der Waals surface area contributed by atoms with Gasteiger partial charge >= 0.3 is 5.69 Å². The molecule has 2 aromatic rings. The lowest BCUT2D eigenvalue weighted by molar-refractivity contribution is 0.350. The van der Waals surface area contributed by atoms with Crippen LogP contribution in [0, 0.1) is 17.7 Å². The van der Waals surface area contributed by atoms with Crippen molar-refractivity contribution in [2.75, 3.05) is 6.61 Å². The van der Waals surface area contributed by atoms with E-state index in [1.807, 2.05) is 0 Å². The quantitative estimate of drug-likeness (QED) is 0.761. The van der Waals surface area contributed by atoms with E-state index in [1.165, 1.54) is 29.0 Å². The number of hydrogen-bond acceptors (Lipinski definition) is 3. The highest BCUT2D eigenvalue weighted by Gasteiger charge is 2.02. The van der Waals surface area contributed by atoms with Crippen LogP contribution in [-0.4, -0.2) is 21.3 Å². The fourth-order valence-corrected chi connectivity index (χ4v) is 1.72. The molecule has 102 valence electrons. The number of H-pyrrole nitrogens is 1. The van der Waals surface area contributed by atoms with E-state index in [2.05, 4.69) is 16.8 Å². The summed E-state index contributed by atoms with van der Waals surface area (Å²) in [5.74, 6) is 4.54. The Morgan fingerprint density at radius 2 is 2.10 bits per heavy atom. The van der Waals surface area contributed by atoms with Crippen molar-refractivity contribution < 1.29 is 9.50 Å². The van der Waals surface area contributed by atoms with Gasteiger partial charge in [0.25, 0.3) is 5.56 Å². The average molecular weight is 274 g/mol. The number of nitrogens with zero attached hydrogens (tertiary/aromatic N) is 1. The van der Waals surface area contributed by atoms with Crippen LogP contribution in [0.5, 0.6) is 0 Å². The maximum atomic E-state index is 13.4. The molecule has 1 heterocycles. The highest BCUT2D eigenvalue weighted by Crippen LogP contribution is 2.09. The van der Waals surface area contributed by atoms with Crippen LogP contribution in [-0.2, 0) is 6.54 Å². The number of benzene rings is 1. The Morgan fingerprint density at radius 3 is 2.80 bits per heavy atom. The molecule has 0 aliphatic carbocycles. The Hall–Kier alpha value is -2.65. The molecule has 0 aliphatic rings. The van der Waals surface area contributed by atoms with Gasteiger partial charge in [-0.05, 0) is 23.8 Å². The monoisotopic (exact) mass is 274 g/mol. The molecule has 0 amide bonds. The van der Waals surface area contributed by atoms with Gasteiger partial charge in [0.05, 0.1) is 6.54 Å². The third-order valence-electron chi connectivity index (χ3n) is 2.52. The lowest BCUT2D eigenvalue weighted by Crippen LogP contribution is -2.28. The van der Waals surface area contributed by atoms with Crippen LogP contribution in [0.1, 0.15) is 11.1 Å². The van der Waals surface area contributed by atoms with Crippen LogP contribution >= 0.6 is 0 Å². The molecule has 1 aromatic heterocycles. The third kappa shape index (κ3) is 3.43. The highest BCUT2D eigenvalue weighted by molar-refractivity contribution is 5.37. The summed E-state index contributed by atoms with van der Waals surface area (Å²) in [7, 11) is 0. The van der Waals surface area contributed by atoms with Crippen molar-refractivity contribution in [3.63, 3.8) is 0 Å². The van der Waals surface area contributed by atoms with E-state index in [-0.39, 0.29) is 13.2 Å². The van der Waals surface area contributed by atoms with E-state index in [9.17, 15) is 14.0 Å². The molecule has 0 fully saturated rings. The van der Waals surface area contributed by atoms with Crippen molar-refractivity contribution >= 4 is 0 Å². The van der Waals surface area contributed by atoms with Crippen LogP contribution in [0.2, 0.25) is 0 Å². The van der Waals surface area contributed by atoms with E-state index >= 15 is 0 Å². The van der Waals surface area contributed by atoms with Gasteiger partial charge in [0.15, 0.2) is 0 Å². The van der Waals surface area contributed by atoms with Crippen molar-refractivity contribution in [1.29, 1.82) is 0 Å². The van der Waals surface area contributed by atoms with Crippen LogP contribution in [0.15, 0.2) is 40.1 Å². The first kappa shape index (κ1) is 13.8. The summed E-state index contributed by atoms with van der Waals surface area (Å²) < 4.78 is 14.7. The Labute approximate surface area is 113 Å². The van der Waals surface area contributed by atoms with Crippen LogP contribution in [0.3, 0.4) is 0 Å². The molecule has 0 spiro atoms. The second kappa shape index (κ2) is 5.99. The summed E-state index contributed by atoms with van der Waals surface area (Å²) in [5, 5.41) is 8.62. The fraction of sp³-hybridized carbons (Fsp3) is 0.143. The van der Waals surface area contributed by atoms with Gasteiger partial charge in [0.2, 0.25) is 0 Å². The summed E-state index contributed by atoms with van der Waals surface area (Å²) in [6, 6.07) is 5.35. The van der Waals surface area contributed by atoms with Gasteiger partial charge in [-0.2, -0.15) is 0 Å². The number of aliphatic hydroxyl groups is 1. The van der Waals surface area contributed by atoms with Gasteiger partial charge in [-0.25, -0.2) is 9.18 Å². The van der Waals surface area contributed by atoms with Gasteiger partial charge in [-0.3, -0.25) is 14.3 Å². The maximum absolute atomic E-state index is 13.4. The number of rotatable bonds is 2. The van der Waals surface area contributed by atoms with E-state index in [1.54, 1.807) is 6.07 Å². The molecule has 2 N–H and O–H groups in total.